The zero-order valence-electron chi connectivity index (χ0n) is 16.2. The van der Waals surface area contributed by atoms with Crippen LogP contribution in [0.1, 0.15) is 35.4 Å². The van der Waals surface area contributed by atoms with Crippen LogP contribution in [-0.2, 0) is 24.2 Å². The van der Waals surface area contributed by atoms with Crippen molar-refractivity contribution in [2.75, 3.05) is 18.4 Å². The Morgan fingerprint density at radius 1 is 1.31 bits per heavy atom. The first kappa shape index (κ1) is 19.1. The minimum atomic E-state index is -0.122. The van der Waals surface area contributed by atoms with Crippen molar-refractivity contribution in [3.05, 3.63) is 44.7 Å². The number of benzene rings is 1. The van der Waals surface area contributed by atoms with Crippen LogP contribution < -0.4 is 5.32 Å². The van der Waals surface area contributed by atoms with Gasteiger partial charge in [0.15, 0.2) is 5.58 Å². The zero-order valence-corrected chi connectivity index (χ0v) is 17.8. The molecule has 0 amide bonds. The molecule has 152 valence electrons. The molecular formula is C22H24ClN3O2S. The van der Waals surface area contributed by atoms with Gasteiger partial charge in [0.1, 0.15) is 6.29 Å². The number of rotatable bonds is 6. The van der Waals surface area contributed by atoms with Gasteiger partial charge in [-0.2, -0.15) is 0 Å². The summed E-state index contributed by atoms with van der Waals surface area (Å²) in [6, 6.07) is 8.14. The van der Waals surface area contributed by atoms with Crippen molar-refractivity contribution in [1.82, 2.24) is 10.1 Å². The molecule has 4 heterocycles. The van der Waals surface area contributed by atoms with E-state index in [9.17, 15) is 4.79 Å². The molecule has 1 unspecified atom stereocenters. The number of thiophene rings is 1. The molecule has 1 aromatic carbocycles. The van der Waals surface area contributed by atoms with Crippen molar-refractivity contribution in [1.29, 1.82) is 0 Å². The number of piperidine rings is 1. The second-order valence-electron chi connectivity index (χ2n) is 8.19. The van der Waals surface area contributed by atoms with E-state index < -0.39 is 0 Å². The molecule has 2 aromatic heterocycles. The van der Waals surface area contributed by atoms with E-state index in [1.807, 2.05) is 12.1 Å². The summed E-state index contributed by atoms with van der Waals surface area (Å²) in [7, 11) is 0. The number of aromatic nitrogens is 1. The van der Waals surface area contributed by atoms with Crippen LogP contribution in [0.5, 0.6) is 0 Å². The third kappa shape index (κ3) is 4.06. The van der Waals surface area contributed by atoms with Crippen molar-refractivity contribution in [3.63, 3.8) is 0 Å². The van der Waals surface area contributed by atoms with E-state index in [-0.39, 0.29) is 6.04 Å². The van der Waals surface area contributed by atoms with Gasteiger partial charge in [0, 0.05) is 35.0 Å². The molecule has 0 radical (unpaired) electrons. The van der Waals surface area contributed by atoms with Crippen molar-refractivity contribution < 1.29 is 9.32 Å². The van der Waals surface area contributed by atoms with Crippen LogP contribution >= 0.6 is 22.9 Å². The normalized spacial score (nSPS) is 20.1. The van der Waals surface area contributed by atoms with Gasteiger partial charge < -0.3 is 14.6 Å². The second-order valence-corrected chi connectivity index (χ2v) is 9.99. The highest BCUT2D eigenvalue weighted by atomic mass is 35.5. The summed E-state index contributed by atoms with van der Waals surface area (Å²) in [5, 5.41) is 8.66. The molecule has 7 heteroatoms. The Bertz CT molecular complexity index is 1020. The number of carbonyl (C=O) groups excluding carboxylic acids is 1. The standard InChI is InChI=1S/C22H24ClN3O2S/c23-22-4-2-17(29-22)12-26-7-5-14(6-8-26)1-3-19-18-10-15-9-16(13-27)24-20(15)11-21(18)28-25-19/h2,4,10-11,13-14,16,24H,1,3,5-9,12H2. The molecule has 5 nitrogen and oxygen atoms in total. The lowest BCUT2D eigenvalue weighted by atomic mass is 9.91. The molecule has 5 rings (SSSR count). The Morgan fingerprint density at radius 3 is 2.93 bits per heavy atom. The molecule has 1 fully saturated rings. The quantitative estimate of drug-likeness (QED) is 0.563. The third-order valence-corrected chi connectivity index (χ3v) is 7.44. The summed E-state index contributed by atoms with van der Waals surface area (Å²) < 4.78 is 6.45. The number of anilines is 1. The van der Waals surface area contributed by atoms with E-state index in [0.29, 0.717) is 0 Å². The maximum Gasteiger partial charge on any atom is 0.169 e. The molecule has 0 saturated carbocycles. The van der Waals surface area contributed by atoms with Gasteiger partial charge in [-0.05, 0) is 68.5 Å². The van der Waals surface area contributed by atoms with Gasteiger partial charge in [-0.3, -0.25) is 4.90 Å². The van der Waals surface area contributed by atoms with E-state index in [2.05, 4.69) is 27.5 Å². The summed E-state index contributed by atoms with van der Waals surface area (Å²) in [4.78, 5) is 15.0. The lowest BCUT2D eigenvalue weighted by molar-refractivity contribution is -0.108. The average Bonchev–Trinajstić information content (AvgIpc) is 3.43. The van der Waals surface area contributed by atoms with Gasteiger partial charge in [-0.25, -0.2) is 0 Å². The van der Waals surface area contributed by atoms with Gasteiger partial charge in [-0.1, -0.05) is 16.8 Å². The molecule has 3 aromatic rings. The van der Waals surface area contributed by atoms with E-state index in [0.717, 1.165) is 77.8 Å². The topological polar surface area (TPSA) is 58.4 Å². The number of aldehydes is 1. The maximum atomic E-state index is 11.1. The number of likely N-dealkylation sites (tertiary alicyclic amines) is 1. The maximum absolute atomic E-state index is 11.1. The highest BCUT2D eigenvalue weighted by molar-refractivity contribution is 7.16. The smallest absolute Gasteiger partial charge is 0.169 e. The molecule has 0 spiro atoms. The number of fused-ring (bicyclic) bond motifs is 2. The summed E-state index contributed by atoms with van der Waals surface area (Å²) in [5.41, 5.74) is 4.04. The van der Waals surface area contributed by atoms with Crippen LogP contribution in [-0.4, -0.2) is 35.5 Å². The van der Waals surface area contributed by atoms with Crippen LogP contribution in [0.3, 0.4) is 0 Å². The van der Waals surface area contributed by atoms with Crippen LogP contribution in [0.4, 0.5) is 5.69 Å². The molecule has 2 aliphatic rings. The number of halogens is 1. The zero-order chi connectivity index (χ0) is 19.8. The molecule has 1 saturated heterocycles. The van der Waals surface area contributed by atoms with Crippen molar-refractivity contribution in [2.45, 2.75) is 44.7 Å². The number of nitrogens with one attached hydrogen (secondary N) is 1. The van der Waals surface area contributed by atoms with Gasteiger partial charge >= 0.3 is 0 Å². The minimum absolute atomic E-state index is 0.122. The van der Waals surface area contributed by atoms with E-state index in [1.165, 1.54) is 23.3 Å². The fraction of sp³-hybridized carbons (Fsp3) is 0.455. The summed E-state index contributed by atoms with van der Waals surface area (Å²) in [6.07, 6.45) is 6.27. The molecule has 29 heavy (non-hydrogen) atoms. The first-order valence-corrected chi connectivity index (χ1v) is 11.5. The van der Waals surface area contributed by atoms with E-state index in [4.69, 9.17) is 16.1 Å². The van der Waals surface area contributed by atoms with Crippen molar-refractivity contribution in [3.8, 4) is 0 Å². The lowest BCUT2D eigenvalue weighted by Crippen LogP contribution is -2.33. The first-order chi connectivity index (χ1) is 14.2. The van der Waals surface area contributed by atoms with E-state index in [1.54, 1.807) is 11.3 Å². The second kappa shape index (κ2) is 8.09. The van der Waals surface area contributed by atoms with Gasteiger partial charge in [0.05, 0.1) is 16.1 Å². The number of aryl methyl sites for hydroxylation is 1. The third-order valence-electron chi connectivity index (χ3n) is 6.22. The monoisotopic (exact) mass is 429 g/mol. The largest absolute Gasteiger partial charge is 0.375 e. The Kier molecular flexibility index (Phi) is 5.33. The highest BCUT2D eigenvalue weighted by Gasteiger charge is 2.24. The van der Waals surface area contributed by atoms with Crippen LogP contribution in [0.2, 0.25) is 4.34 Å². The Balaban J connectivity index is 1.17. The molecule has 1 N–H and O–H groups in total. The fourth-order valence-corrected chi connectivity index (χ4v) is 5.69. The predicted molar refractivity (Wildman–Crippen MR) is 117 cm³/mol. The van der Waals surface area contributed by atoms with Crippen molar-refractivity contribution in [2.24, 2.45) is 5.92 Å². The molecule has 0 bridgehead atoms. The van der Waals surface area contributed by atoms with Gasteiger partial charge in [-0.15, -0.1) is 11.3 Å². The van der Waals surface area contributed by atoms with Crippen LogP contribution in [0, 0.1) is 5.92 Å². The van der Waals surface area contributed by atoms with Crippen LogP contribution in [0.15, 0.2) is 28.8 Å². The molecule has 1 atom stereocenters. The first-order valence-electron chi connectivity index (χ1n) is 10.3. The Morgan fingerprint density at radius 2 is 2.17 bits per heavy atom. The number of nitrogens with zero attached hydrogens (tertiary/aromatic N) is 2. The minimum Gasteiger partial charge on any atom is -0.375 e. The summed E-state index contributed by atoms with van der Waals surface area (Å²) in [6.45, 7) is 3.30. The number of hydrogen-bond donors (Lipinski definition) is 1. The Labute approximate surface area is 179 Å². The Hall–Kier alpha value is -1.89. The summed E-state index contributed by atoms with van der Waals surface area (Å²) in [5.74, 6) is 0.737. The number of carbonyl (C=O) groups is 1. The molecule has 0 aliphatic carbocycles. The van der Waals surface area contributed by atoms with Crippen LogP contribution in [0.25, 0.3) is 11.0 Å². The van der Waals surface area contributed by atoms with E-state index >= 15 is 0 Å². The van der Waals surface area contributed by atoms with Gasteiger partial charge in [0.2, 0.25) is 0 Å². The molecule has 2 aliphatic heterocycles. The summed E-state index contributed by atoms with van der Waals surface area (Å²) >= 11 is 7.73. The number of hydrogen-bond acceptors (Lipinski definition) is 6. The fourth-order valence-electron chi connectivity index (χ4n) is 4.56. The SMILES string of the molecule is O=CC1Cc2cc3c(CCC4CCN(Cc5ccc(Cl)s5)CC4)noc3cc2N1. The highest BCUT2D eigenvalue weighted by Crippen LogP contribution is 2.33. The molecular weight excluding hydrogens is 406 g/mol. The lowest BCUT2D eigenvalue weighted by Gasteiger charge is -2.31. The van der Waals surface area contributed by atoms with Gasteiger partial charge in [0.25, 0.3) is 0 Å². The van der Waals surface area contributed by atoms with Crippen molar-refractivity contribution >= 4 is 45.9 Å². The average molecular weight is 430 g/mol. The predicted octanol–water partition coefficient (Wildman–Crippen LogP) is 4.92.